The van der Waals surface area contributed by atoms with Crippen molar-refractivity contribution in [3.05, 3.63) is 12.4 Å². The Hall–Kier alpha value is -1.03. The van der Waals surface area contributed by atoms with Crippen molar-refractivity contribution >= 4 is 5.95 Å². The second kappa shape index (κ2) is 3.23. The van der Waals surface area contributed by atoms with E-state index in [4.69, 9.17) is 5.73 Å². The second-order valence-corrected chi connectivity index (χ2v) is 4.86. The molecule has 2 saturated heterocycles. The number of aryl methyl sites for hydroxylation is 1. The van der Waals surface area contributed by atoms with E-state index in [0.29, 0.717) is 18.1 Å². The average Bonchev–Trinajstić information content (AvgIpc) is 2.69. The fourth-order valence-corrected chi connectivity index (χ4v) is 3.15. The van der Waals surface area contributed by atoms with Gasteiger partial charge in [0.2, 0.25) is 5.95 Å². The van der Waals surface area contributed by atoms with Crippen LogP contribution in [0.2, 0.25) is 0 Å². The number of aromatic nitrogens is 2. The molecule has 1 aromatic heterocycles. The van der Waals surface area contributed by atoms with Crippen LogP contribution in [0.15, 0.2) is 12.4 Å². The molecule has 4 nitrogen and oxygen atoms in total. The van der Waals surface area contributed by atoms with Gasteiger partial charge in [-0.25, -0.2) is 4.98 Å². The van der Waals surface area contributed by atoms with E-state index in [1.165, 1.54) is 12.8 Å². The number of nitrogens with two attached hydrogens (primary N) is 1. The topological polar surface area (TPSA) is 47.1 Å². The molecular formula is C11H18N4. The van der Waals surface area contributed by atoms with Gasteiger partial charge in [0.25, 0.3) is 0 Å². The van der Waals surface area contributed by atoms with Gasteiger partial charge in [-0.3, -0.25) is 0 Å². The zero-order valence-corrected chi connectivity index (χ0v) is 9.13. The van der Waals surface area contributed by atoms with Gasteiger partial charge in [0.05, 0.1) is 0 Å². The van der Waals surface area contributed by atoms with Crippen LogP contribution < -0.4 is 10.6 Å². The van der Waals surface area contributed by atoms with Crippen molar-refractivity contribution in [1.82, 2.24) is 9.55 Å². The molecule has 82 valence electrons. The van der Waals surface area contributed by atoms with Crippen LogP contribution in [0.5, 0.6) is 0 Å². The van der Waals surface area contributed by atoms with Crippen LogP contribution in [-0.2, 0) is 7.05 Å². The lowest BCUT2D eigenvalue weighted by molar-refractivity contribution is 0.406. The van der Waals surface area contributed by atoms with Gasteiger partial charge in [0, 0.05) is 37.6 Å². The van der Waals surface area contributed by atoms with Gasteiger partial charge in [-0.1, -0.05) is 0 Å². The summed E-state index contributed by atoms with van der Waals surface area (Å²) in [5.74, 6) is 1.12. The molecule has 2 fully saturated rings. The number of anilines is 1. The van der Waals surface area contributed by atoms with Gasteiger partial charge in [-0.15, -0.1) is 0 Å². The van der Waals surface area contributed by atoms with Gasteiger partial charge in [0.1, 0.15) is 0 Å². The predicted molar refractivity (Wildman–Crippen MR) is 59.7 cm³/mol. The van der Waals surface area contributed by atoms with Gasteiger partial charge < -0.3 is 15.2 Å². The molecule has 3 heterocycles. The van der Waals surface area contributed by atoms with Crippen molar-refractivity contribution in [2.75, 3.05) is 4.90 Å². The number of piperidine rings is 1. The second-order valence-electron chi connectivity index (χ2n) is 4.86. The lowest BCUT2D eigenvalue weighted by Crippen LogP contribution is -2.48. The molecule has 2 bridgehead atoms. The Balaban J connectivity index is 1.92. The molecule has 0 amide bonds. The molecule has 2 aliphatic heterocycles. The molecule has 2 N–H and O–H groups in total. The Bertz CT molecular complexity index is 345. The molecule has 15 heavy (non-hydrogen) atoms. The van der Waals surface area contributed by atoms with Crippen LogP contribution in [0.4, 0.5) is 5.95 Å². The van der Waals surface area contributed by atoms with Crippen LogP contribution in [0.3, 0.4) is 0 Å². The van der Waals surface area contributed by atoms with E-state index in [2.05, 4.69) is 21.5 Å². The van der Waals surface area contributed by atoms with Crippen LogP contribution >= 0.6 is 0 Å². The molecule has 3 rings (SSSR count). The average molecular weight is 206 g/mol. The monoisotopic (exact) mass is 206 g/mol. The molecule has 4 heteroatoms. The Morgan fingerprint density at radius 3 is 2.53 bits per heavy atom. The standard InChI is InChI=1S/C11H18N4/c1-14-5-4-13-11(14)15-9-2-3-10(15)7-8(12)6-9/h4-5,8-10H,2-3,6-7,12H2,1H3. The number of imidazole rings is 1. The maximum atomic E-state index is 6.06. The minimum Gasteiger partial charge on any atom is -0.336 e. The minimum absolute atomic E-state index is 0.402. The van der Waals surface area contributed by atoms with E-state index in [0.717, 1.165) is 18.8 Å². The minimum atomic E-state index is 0.402. The number of rotatable bonds is 1. The highest BCUT2D eigenvalue weighted by Gasteiger charge is 2.41. The van der Waals surface area contributed by atoms with E-state index in [-0.39, 0.29) is 0 Å². The number of nitrogens with zero attached hydrogens (tertiary/aromatic N) is 3. The Kier molecular flexibility index (Phi) is 1.99. The van der Waals surface area contributed by atoms with Crippen molar-refractivity contribution in [3.8, 4) is 0 Å². The van der Waals surface area contributed by atoms with Crippen LogP contribution in [0.1, 0.15) is 25.7 Å². The summed E-state index contributed by atoms with van der Waals surface area (Å²) >= 11 is 0. The summed E-state index contributed by atoms with van der Waals surface area (Å²) in [5, 5.41) is 0. The first-order valence-electron chi connectivity index (χ1n) is 5.77. The molecule has 2 aliphatic rings. The van der Waals surface area contributed by atoms with Crippen molar-refractivity contribution in [2.24, 2.45) is 12.8 Å². The first kappa shape index (κ1) is 9.21. The van der Waals surface area contributed by atoms with E-state index in [1.54, 1.807) is 0 Å². The van der Waals surface area contributed by atoms with Crippen molar-refractivity contribution < 1.29 is 0 Å². The van der Waals surface area contributed by atoms with Crippen LogP contribution in [0.25, 0.3) is 0 Å². The lowest BCUT2D eigenvalue weighted by Gasteiger charge is -2.38. The summed E-state index contributed by atoms with van der Waals surface area (Å²) in [6.45, 7) is 0. The van der Waals surface area contributed by atoms with Crippen molar-refractivity contribution in [3.63, 3.8) is 0 Å². The molecule has 0 spiro atoms. The highest BCUT2D eigenvalue weighted by molar-refractivity contribution is 5.38. The van der Waals surface area contributed by atoms with E-state index < -0.39 is 0 Å². The summed E-state index contributed by atoms with van der Waals surface area (Å²) in [4.78, 5) is 6.94. The van der Waals surface area contributed by atoms with Crippen molar-refractivity contribution in [2.45, 2.75) is 43.8 Å². The summed E-state index contributed by atoms with van der Waals surface area (Å²) in [6.07, 6.45) is 8.72. The van der Waals surface area contributed by atoms with Gasteiger partial charge >= 0.3 is 0 Å². The van der Waals surface area contributed by atoms with Crippen LogP contribution in [0, 0.1) is 0 Å². The molecular weight excluding hydrogens is 188 g/mol. The van der Waals surface area contributed by atoms with E-state index >= 15 is 0 Å². The molecule has 2 atom stereocenters. The number of hydrogen-bond donors (Lipinski definition) is 1. The first-order valence-corrected chi connectivity index (χ1v) is 5.77. The summed E-state index contributed by atoms with van der Waals surface area (Å²) in [7, 11) is 2.07. The summed E-state index contributed by atoms with van der Waals surface area (Å²) in [5.41, 5.74) is 6.06. The van der Waals surface area contributed by atoms with Crippen molar-refractivity contribution in [1.29, 1.82) is 0 Å². The molecule has 0 radical (unpaired) electrons. The third-order valence-corrected chi connectivity index (χ3v) is 3.80. The Morgan fingerprint density at radius 2 is 2.00 bits per heavy atom. The van der Waals surface area contributed by atoms with Gasteiger partial charge in [-0.05, 0) is 25.7 Å². The number of hydrogen-bond acceptors (Lipinski definition) is 3. The summed E-state index contributed by atoms with van der Waals surface area (Å²) in [6, 6.07) is 1.65. The zero-order valence-electron chi connectivity index (χ0n) is 9.13. The third kappa shape index (κ3) is 1.35. The fourth-order valence-electron chi connectivity index (χ4n) is 3.15. The third-order valence-electron chi connectivity index (χ3n) is 3.80. The maximum Gasteiger partial charge on any atom is 0.205 e. The molecule has 0 saturated carbocycles. The van der Waals surface area contributed by atoms with E-state index in [1.807, 2.05) is 12.4 Å². The Morgan fingerprint density at radius 1 is 1.33 bits per heavy atom. The van der Waals surface area contributed by atoms with Gasteiger partial charge in [-0.2, -0.15) is 0 Å². The highest BCUT2D eigenvalue weighted by atomic mass is 15.3. The molecule has 0 aromatic carbocycles. The lowest BCUT2D eigenvalue weighted by atomic mass is 9.99. The molecule has 1 aromatic rings. The Labute approximate surface area is 90.1 Å². The predicted octanol–water partition coefficient (Wildman–Crippen LogP) is 0.879. The first-order chi connectivity index (χ1) is 7.25. The highest BCUT2D eigenvalue weighted by Crippen LogP contribution is 2.37. The SMILES string of the molecule is Cn1ccnc1N1C2CCC1CC(N)C2. The molecule has 2 unspecified atom stereocenters. The normalized spacial score (nSPS) is 34.8. The smallest absolute Gasteiger partial charge is 0.205 e. The zero-order chi connectivity index (χ0) is 10.4. The largest absolute Gasteiger partial charge is 0.336 e. The van der Waals surface area contributed by atoms with E-state index in [9.17, 15) is 0 Å². The molecule has 0 aliphatic carbocycles. The van der Waals surface area contributed by atoms with Gasteiger partial charge in [0.15, 0.2) is 0 Å². The number of fused-ring (bicyclic) bond motifs is 2. The fraction of sp³-hybridized carbons (Fsp3) is 0.727. The van der Waals surface area contributed by atoms with Crippen LogP contribution in [-0.4, -0.2) is 27.7 Å². The quantitative estimate of drug-likeness (QED) is 0.742. The summed E-state index contributed by atoms with van der Waals surface area (Å²) < 4.78 is 2.11. The maximum absolute atomic E-state index is 6.06.